The number of hydrogen-bond acceptors (Lipinski definition) is 6. The van der Waals surface area contributed by atoms with E-state index in [9.17, 15) is 14.4 Å². The predicted octanol–water partition coefficient (Wildman–Crippen LogP) is 4.59. The second-order valence-corrected chi connectivity index (χ2v) is 12.9. The zero-order chi connectivity index (χ0) is 29.6. The molecule has 1 N–H and O–H groups in total. The van der Waals surface area contributed by atoms with Gasteiger partial charge in [-0.05, 0) is 90.8 Å². The number of benzene rings is 1. The molecule has 4 heterocycles. The number of nitrogens with one attached hydrogen (secondary N) is 1. The summed E-state index contributed by atoms with van der Waals surface area (Å²) in [6, 6.07) is 1.62. The number of aryl methyl sites for hydroxylation is 1. The van der Waals surface area contributed by atoms with E-state index < -0.39 is 29.1 Å². The molecule has 1 aromatic carbocycles. The van der Waals surface area contributed by atoms with Gasteiger partial charge in [-0.15, -0.1) is 0 Å². The third-order valence-corrected chi connectivity index (χ3v) is 9.04. The molecule has 2 aromatic rings. The number of rotatable bonds is 4. The molecule has 5 rings (SSSR count). The number of hydrogen-bond donors (Lipinski definition) is 1. The van der Waals surface area contributed by atoms with Crippen LogP contribution in [0.2, 0.25) is 0 Å². The molecule has 9 nitrogen and oxygen atoms in total. The van der Waals surface area contributed by atoms with Crippen LogP contribution in [0.15, 0.2) is 6.07 Å². The fourth-order valence-electron chi connectivity index (χ4n) is 6.77. The summed E-state index contributed by atoms with van der Waals surface area (Å²) >= 11 is 0. The quantitative estimate of drug-likeness (QED) is 0.538. The standard InChI is InChI=1S/C30H41F2N5O4/c1-17(18-8-14-37(15-9-18)29(40)41-30(2,3)4)36-12-10-19(11-13-36)24-22(31)16-21-26(34-35(5)27(21)25(24)32)20-6-7-23(38)33-28(20)39/h16-20H,6-15H2,1-5H3,(H,33,38,39)/t17-,20?/m1/s1. The third kappa shape index (κ3) is 5.96. The molecule has 11 heteroatoms. The van der Waals surface area contributed by atoms with Gasteiger partial charge in [0.15, 0.2) is 5.82 Å². The number of halogens is 2. The Labute approximate surface area is 239 Å². The molecule has 1 unspecified atom stereocenters. The fraction of sp³-hybridized carbons (Fsp3) is 0.667. The Bertz CT molecular complexity index is 1340. The van der Waals surface area contributed by atoms with E-state index >= 15 is 8.78 Å². The lowest BCUT2D eigenvalue weighted by molar-refractivity contribution is -0.134. The first-order chi connectivity index (χ1) is 19.3. The number of ether oxygens (including phenoxy) is 1. The Morgan fingerprint density at radius 1 is 1.07 bits per heavy atom. The first kappa shape index (κ1) is 29.4. The van der Waals surface area contributed by atoms with Crippen molar-refractivity contribution in [2.75, 3.05) is 26.2 Å². The van der Waals surface area contributed by atoms with E-state index in [-0.39, 0.29) is 47.2 Å². The van der Waals surface area contributed by atoms with Crippen LogP contribution in [0.4, 0.5) is 13.6 Å². The minimum atomic E-state index is -0.721. The van der Waals surface area contributed by atoms with Gasteiger partial charge >= 0.3 is 6.09 Å². The van der Waals surface area contributed by atoms with Crippen LogP contribution in [0.3, 0.4) is 0 Å². The van der Waals surface area contributed by atoms with Crippen LogP contribution in [-0.4, -0.2) is 75.3 Å². The summed E-state index contributed by atoms with van der Waals surface area (Å²) < 4.78 is 38.4. The Kier molecular flexibility index (Phi) is 8.11. The van der Waals surface area contributed by atoms with Crippen molar-refractivity contribution < 1.29 is 27.9 Å². The van der Waals surface area contributed by atoms with Gasteiger partial charge in [-0.25, -0.2) is 13.6 Å². The van der Waals surface area contributed by atoms with E-state index in [1.165, 1.54) is 10.7 Å². The van der Waals surface area contributed by atoms with E-state index in [1.54, 1.807) is 11.9 Å². The number of aromatic nitrogens is 2. The number of piperidine rings is 3. The molecule has 1 aromatic heterocycles. The van der Waals surface area contributed by atoms with Crippen LogP contribution >= 0.6 is 0 Å². The maximum absolute atomic E-state index is 16.0. The van der Waals surface area contributed by atoms with Crippen LogP contribution in [-0.2, 0) is 21.4 Å². The molecular weight excluding hydrogens is 532 g/mol. The number of fused-ring (bicyclic) bond motifs is 1. The number of amides is 3. The normalized spacial score (nSPS) is 22.7. The largest absolute Gasteiger partial charge is 0.444 e. The summed E-state index contributed by atoms with van der Waals surface area (Å²) in [5, 5.41) is 6.98. The molecule has 0 saturated carbocycles. The van der Waals surface area contributed by atoms with E-state index in [2.05, 4.69) is 22.2 Å². The summed E-state index contributed by atoms with van der Waals surface area (Å²) in [7, 11) is 1.60. The highest BCUT2D eigenvalue weighted by atomic mass is 19.1. The number of carbonyl (C=O) groups is 3. The van der Waals surface area contributed by atoms with E-state index in [4.69, 9.17) is 4.74 Å². The maximum atomic E-state index is 16.0. The summed E-state index contributed by atoms with van der Waals surface area (Å²) in [6.45, 7) is 10.6. The molecule has 224 valence electrons. The van der Waals surface area contributed by atoms with Crippen LogP contribution in [0.25, 0.3) is 10.9 Å². The second-order valence-electron chi connectivity index (χ2n) is 12.9. The maximum Gasteiger partial charge on any atom is 0.410 e. The molecule has 3 fully saturated rings. The van der Waals surface area contributed by atoms with Crippen molar-refractivity contribution in [2.45, 2.75) is 89.7 Å². The van der Waals surface area contributed by atoms with Crippen molar-refractivity contribution in [3.05, 3.63) is 29.0 Å². The highest BCUT2D eigenvalue weighted by Gasteiger charge is 2.36. The van der Waals surface area contributed by atoms with Gasteiger partial charge in [0.25, 0.3) is 0 Å². The van der Waals surface area contributed by atoms with Gasteiger partial charge in [0.1, 0.15) is 16.9 Å². The molecule has 3 saturated heterocycles. The fourth-order valence-corrected chi connectivity index (χ4v) is 6.77. The topological polar surface area (TPSA) is 96.8 Å². The lowest BCUT2D eigenvalue weighted by Gasteiger charge is -2.42. The molecule has 0 spiro atoms. The van der Waals surface area contributed by atoms with Crippen LogP contribution in [0.1, 0.15) is 89.3 Å². The SMILES string of the molecule is C[C@H](C1CCN(C(=O)OC(C)(C)C)CC1)N1CCC(c2c(F)cc3c(C4CCC(=O)NC4=O)nn(C)c3c2F)CC1. The predicted molar refractivity (Wildman–Crippen MR) is 149 cm³/mol. The average Bonchev–Trinajstić information content (AvgIpc) is 3.23. The van der Waals surface area contributed by atoms with Gasteiger partial charge in [-0.1, -0.05) is 0 Å². The number of nitrogens with zero attached hydrogens (tertiary/aromatic N) is 4. The molecule has 0 bridgehead atoms. The Morgan fingerprint density at radius 3 is 2.34 bits per heavy atom. The van der Waals surface area contributed by atoms with Crippen molar-refractivity contribution in [2.24, 2.45) is 13.0 Å². The van der Waals surface area contributed by atoms with E-state index in [1.807, 2.05) is 20.8 Å². The smallest absolute Gasteiger partial charge is 0.410 e. The summed E-state index contributed by atoms with van der Waals surface area (Å²) in [6.07, 6.45) is 3.24. The summed E-state index contributed by atoms with van der Waals surface area (Å²) in [5.41, 5.74) is 0.0712. The first-order valence-corrected chi connectivity index (χ1v) is 14.7. The minimum Gasteiger partial charge on any atom is -0.444 e. The van der Waals surface area contributed by atoms with Gasteiger partial charge < -0.3 is 14.5 Å². The van der Waals surface area contributed by atoms with Crippen LogP contribution in [0, 0.1) is 17.6 Å². The molecule has 3 aliphatic heterocycles. The Hall–Kier alpha value is -3.08. The van der Waals surface area contributed by atoms with Gasteiger partial charge in [-0.3, -0.25) is 19.6 Å². The Balaban J connectivity index is 1.24. The van der Waals surface area contributed by atoms with Gasteiger partial charge in [-0.2, -0.15) is 5.10 Å². The Morgan fingerprint density at radius 2 is 1.73 bits per heavy atom. The van der Waals surface area contributed by atoms with Crippen LogP contribution < -0.4 is 5.32 Å². The lowest BCUT2D eigenvalue weighted by atomic mass is 9.84. The molecule has 3 amide bonds. The molecule has 2 atom stereocenters. The number of likely N-dealkylation sites (tertiary alicyclic amines) is 2. The summed E-state index contributed by atoms with van der Waals surface area (Å²) in [4.78, 5) is 40.6. The lowest BCUT2D eigenvalue weighted by Crippen LogP contribution is -2.48. The molecule has 41 heavy (non-hydrogen) atoms. The number of imide groups is 1. The third-order valence-electron chi connectivity index (χ3n) is 9.04. The van der Waals surface area contributed by atoms with Crippen molar-refractivity contribution in [1.29, 1.82) is 0 Å². The van der Waals surface area contributed by atoms with Gasteiger partial charge in [0.05, 0.1) is 11.6 Å². The molecular formula is C30H41F2N5O4. The van der Waals surface area contributed by atoms with Gasteiger partial charge in [0, 0.05) is 43.5 Å². The second kappa shape index (κ2) is 11.3. The van der Waals surface area contributed by atoms with Crippen molar-refractivity contribution >= 4 is 28.8 Å². The first-order valence-electron chi connectivity index (χ1n) is 14.7. The van der Waals surface area contributed by atoms with E-state index in [0.717, 1.165) is 25.9 Å². The highest BCUT2D eigenvalue weighted by Crippen LogP contribution is 2.39. The average molecular weight is 574 g/mol. The van der Waals surface area contributed by atoms with Crippen molar-refractivity contribution in [3.8, 4) is 0 Å². The minimum absolute atomic E-state index is 0.0910. The van der Waals surface area contributed by atoms with Crippen molar-refractivity contribution in [1.82, 2.24) is 24.9 Å². The molecule has 3 aliphatic rings. The molecule has 0 aliphatic carbocycles. The van der Waals surface area contributed by atoms with Crippen molar-refractivity contribution in [3.63, 3.8) is 0 Å². The monoisotopic (exact) mass is 573 g/mol. The van der Waals surface area contributed by atoms with Crippen LogP contribution in [0.5, 0.6) is 0 Å². The van der Waals surface area contributed by atoms with Gasteiger partial charge in [0.2, 0.25) is 11.8 Å². The molecule has 0 radical (unpaired) electrons. The zero-order valence-corrected chi connectivity index (χ0v) is 24.6. The van der Waals surface area contributed by atoms with E-state index in [0.29, 0.717) is 43.6 Å². The summed E-state index contributed by atoms with van der Waals surface area (Å²) in [5.74, 6) is -2.60. The highest BCUT2D eigenvalue weighted by molar-refractivity contribution is 6.02. The zero-order valence-electron chi connectivity index (χ0n) is 24.6. The number of carbonyl (C=O) groups excluding carboxylic acids is 3.